The summed E-state index contributed by atoms with van der Waals surface area (Å²) in [7, 11) is 0. The number of aliphatic hydroxyl groups excluding tert-OH is 2. The molecular formula is C34H54FNO3. The van der Waals surface area contributed by atoms with Gasteiger partial charge in [0.25, 0.3) is 0 Å². The molecule has 10 atom stereocenters. The van der Waals surface area contributed by atoms with Crippen molar-refractivity contribution in [1.29, 1.82) is 0 Å². The number of rotatable bonds is 7. The van der Waals surface area contributed by atoms with E-state index in [1.54, 1.807) is 12.1 Å². The Hall–Kier alpha value is -1.01. The van der Waals surface area contributed by atoms with Gasteiger partial charge >= 0.3 is 0 Å². The standard InChI is InChI=1S/C34H54FNO3/c1-30(2)26-13-18-32(4)27(31(26,3)16-14-28(30)38)20-25(37)29-24(12-17-33(29,32)5)34(6,39)15-7-19-36-21-22-8-10-23(35)11-9-22/h8-11,24-29,36-39H,7,12-21H2,1-6H3/t24-,25+,26-,27+,28-,29-,31-,32+,33+,34-/m0/s1. The van der Waals surface area contributed by atoms with Crippen LogP contribution in [0.5, 0.6) is 0 Å². The van der Waals surface area contributed by atoms with Gasteiger partial charge in [0.1, 0.15) is 5.82 Å². The average molecular weight is 544 g/mol. The molecule has 5 heteroatoms. The number of hydrogen-bond acceptors (Lipinski definition) is 4. The second kappa shape index (κ2) is 10.1. The van der Waals surface area contributed by atoms with Gasteiger partial charge in [0.15, 0.2) is 0 Å². The van der Waals surface area contributed by atoms with Crippen molar-refractivity contribution in [3.63, 3.8) is 0 Å². The molecule has 4 saturated carbocycles. The highest BCUT2D eigenvalue weighted by atomic mass is 19.1. The third-order valence-corrected chi connectivity index (χ3v) is 13.4. The zero-order valence-corrected chi connectivity index (χ0v) is 25.3. The summed E-state index contributed by atoms with van der Waals surface area (Å²) >= 11 is 0. The van der Waals surface area contributed by atoms with Gasteiger partial charge in [-0.05, 0) is 134 Å². The van der Waals surface area contributed by atoms with Crippen LogP contribution in [0.25, 0.3) is 0 Å². The van der Waals surface area contributed by atoms with Gasteiger partial charge in [-0.2, -0.15) is 0 Å². The van der Waals surface area contributed by atoms with E-state index in [-0.39, 0.29) is 45.4 Å². The summed E-state index contributed by atoms with van der Waals surface area (Å²) in [6.45, 7) is 15.5. The van der Waals surface area contributed by atoms with E-state index in [0.29, 0.717) is 24.8 Å². The van der Waals surface area contributed by atoms with Gasteiger partial charge in [0, 0.05) is 6.54 Å². The SMILES string of the molecule is CC1(C)[C@@H](O)CC[C@]2(C)[C@H]3C[C@@H](O)[C@@H]4[C@@H]([C@@](C)(O)CCCNCc5ccc(F)cc5)CC[C@@]4(C)[C@]3(C)CC[C@@H]12. The van der Waals surface area contributed by atoms with Gasteiger partial charge in [-0.15, -0.1) is 0 Å². The first-order valence-corrected chi connectivity index (χ1v) is 15.7. The number of fused-ring (bicyclic) bond motifs is 5. The van der Waals surface area contributed by atoms with Crippen molar-refractivity contribution < 1.29 is 19.7 Å². The van der Waals surface area contributed by atoms with E-state index in [1.165, 1.54) is 12.1 Å². The Bertz CT molecular complexity index is 1030. The summed E-state index contributed by atoms with van der Waals surface area (Å²) in [6, 6.07) is 6.59. The summed E-state index contributed by atoms with van der Waals surface area (Å²) in [5.41, 5.74) is 0.399. The third kappa shape index (κ3) is 4.62. The predicted octanol–water partition coefficient (Wildman–Crippen LogP) is 6.46. The summed E-state index contributed by atoms with van der Waals surface area (Å²) in [4.78, 5) is 0. The van der Waals surface area contributed by atoms with Crippen molar-refractivity contribution >= 4 is 0 Å². The molecule has 4 aliphatic rings. The lowest BCUT2D eigenvalue weighted by molar-refractivity contribution is -0.246. The molecule has 0 amide bonds. The third-order valence-electron chi connectivity index (χ3n) is 13.4. The normalized spacial score (nSPS) is 44.7. The monoisotopic (exact) mass is 543 g/mol. The molecule has 1 aromatic rings. The first-order valence-electron chi connectivity index (χ1n) is 15.7. The van der Waals surface area contributed by atoms with Crippen molar-refractivity contribution in [2.24, 2.45) is 45.3 Å². The maximum absolute atomic E-state index is 13.2. The Labute approximate surface area is 236 Å². The minimum atomic E-state index is -0.817. The minimum absolute atomic E-state index is 0.000983. The number of benzene rings is 1. The molecule has 0 spiro atoms. The van der Waals surface area contributed by atoms with Crippen molar-refractivity contribution in [2.45, 2.75) is 124 Å². The Morgan fingerprint density at radius 3 is 2.28 bits per heavy atom. The minimum Gasteiger partial charge on any atom is -0.393 e. The van der Waals surface area contributed by atoms with E-state index in [9.17, 15) is 19.7 Å². The van der Waals surface area contributed by atoms with Gasteiger partial charge in [0.2, 0.25) is 0 Å². The van der Waals surface area contributed by atoms with Gasteiger partial charge < -0.3 is 20.6 Å². The van der Waals surface area contributed by atoms with E-state index in [0.717, 1.165) is 63.5 Å². The van der Waals surface area contributed by atoms with Crippen molar-refractivity contribution in [1.82, 2.24) is 5.32 Å². The van der Waals surface area contributed by atoms with Crippen LogP contribution in [0, 0.1) is 51.1 Å². The molecule has 0 aromatic heterocycles. The molecule has 0 bridgehead atoms. The molecule has 4 aliphatic carbocycles. The van der Waals surface area contributed by atoms with E-state index >= 15 is 0 Å². The molecule has 4 nitrogen and oxygen atoms in total. The topological polar surface area (TPSA) is 72.7 Å². The molecule has 220 valence electrons. The van der Waals surface area contributed by atoms with Gasteiger partial charge in [-0.1, -0.05) is 46.8 Å². The molecule has 4 N–H and O–H groups in total. The quantitative estimate of drug-likeness (QED) is 0.298. The van der Waals surface area contributed by atoms with E-state index < -0.39 is 11.7 Å². The highest BCUT2D eigenvalue weighted by molar-refractivity contribution is 5.20. The molecule has 0 radical (unpaired) electrons. The van der Waals surface area contributed by atoms with Crippen molar-refractivity contribution in [2.75, 3.05) is 6.54 Å². The van der Waals surface area contributed by atoms with Crippen LogP contribution in [0.3, 0.4) is 0 Å². The molecule has 0 heterocycles. The summed E-state index contributed by atoms with van der Waals surface area (Å²) in [5.74, 6) is 0.908. The zero-order chi connectivity index (χ0) is 28.4. The van der Waals surface area contributed by atoms with Gasteiger partial charge in [0.05, 0.1) is 17.8 Å². The fraction of sp³-hybridized carbons (Fsp3) is 0.824. The van der Waals surface area contributed by atoms with Crippen molar-refractivity contribution in [3.8, 4) is 0 Å². The second-order valence-corrected chi connectivity index (χ2v) is 15.6. The van der Waals surface area contributed by atoms with Gasteiger partial charge in [-0.3, -0.25) is 0 Å². The zero-order valence-electron chi connectivity index (χ0n) is 25.3. The van der Waals surface area contributed by atoms with E-state index in [1.807, 2.05) is 6.92 Å². The molecule has 39 heavy (non-hydrogen) atoms. The van der Waals surface area contributed by atoms with Gasteiger partial charge in [-0.25, -0.2) is 4.39 Å². The van der Waals surface area contributed by atoms with Crippen LogP contribution in [-0.4, -0.2) is 39.7 Å². The molecule has 0 unspecified atom stereocenters. The predicted molar refractivity (Wildman–Crippen MR) is 154 cm³/mol. The highest BCUT2D eigenvalue weighted by Gasteiger charge is 2.71. The van der Waals surface area contributed by atoms with Crippen LogP contribution >= 0.6 is 0 Å². The Morgan fingerprint density at radius 2 is 1.59 bits per heavy atom. The summed E-state index contributed by atoms with van der Waals surface area (Å²) in [5, 5.41) is 38.1. The molecule has 4 fully saturated rings. The molecule has 0 saturated heterocycles. The number of halogens is 1. The molecular weight excluding hydrogens is 489 g/mol. The lowest BCUT2D eigenvalue weighted by atomic mass is 9.35. The fourth-order valence-electron chi connectivity index (χ4n) is 11.0. The van der Waals surface area contributed by atoms with Crippen LogP contribution in [0.15, 0.2) is 24.3 Å². The number of nitrogens with one attached hydrogen (secondary N) is 1. The van der Waals surface area contributed by atoms with Crippen LogP contribution in [0.4, 0.5) is 4.39 Å². The first-order chi connectivity index (χ1) is 18.2. The Balaban J connectivity index is 1.28. The summed E-state index contributed by atoms with van der Waals surface area (Å²) in [6.07, 6.45) is 7.99. The number of hydrogen-bond donors (Lipinski definition) is 4. The average Bonchev–Trinajstić information content (AvgIpc) is 3.25. The lowest BCUT2D eigenvalue weighted by Gasteiger charge is -2.70. The molecule has 0 aliphatic heterocycles. The largest absolute Gasteiger partial charge is 0.393 e. The maximum atomic E-state index is 13.2. The van der Waals surface area contributed by atoms with Crippen LogP contribution in [0.1, 0.15) is 105 Å². The number of aliphatic hydroxyl groups is 3. The van der Waals surface area contributed by atoms with E-state index in [4.69, 9.17) is 0 Å². The lowest BCUT2D eigenvalue weighted by Crippen LogP contribution is -2.66. The first kappa shape index (κ1) is 29.5. The second-order valence-electron chi connectivity index (χ2n) is 15.6. The molecule has 1 aromatic carbocycles. The smallest absolute Gasteiger partial charge is 0.123 e. The van der Waals surface area contributed by atoms with E-state index in [2.05, 4.69) is 39.9 Å². The van der Waals surface area contributed by atoms with Crippen LogP contribution in [-0.2, 0) is 6.54 Å². The van der Waals surface area contributed by atoms with Crippen molar-refractivity contribution in [3.05, 3.63) is 35.6 Å². The Kier molecular flexibility index (Phi) is 7.61. The Morgan fingerprint density at radius 1 is 0.923 bits per heavy atom. The van der Waals surface area contributed by atoms with Crippen LogP contribution in [0.2, 0.25) is 0 Å². The molecule has 5 rings (SSSR count). The highest BCUT2D eigenvalue weighted by Crippen LogP contribution is 2.75. The van der Waals surface area contributed by atoms with Crippen LogP contribution < -0.4 is 5.32 Å². The summed E-state index contributed by atoms with van der Waals surface area (Å²) < 4.78 is 13.2. The fourth-order valence-corrected chi connectivity index (χ4v) is 11.0. The maximum Gasteiger partial charge on any atom is 0.123 e.